The van der Waals surface area contributed by atoms with Gasteiger partial charge in [-0.05, 0) is 66.8 Å². The van der Waals surface area contributed by atoms with E-state index in [1.807, 2.05) is 41.3 Å². The van der Waals surface area contributed by atoms with Crippen molar-refractivity contribution in [2.75, 3.05) is 19.6 Å². The number of nitrogens with two attached hydrogens (primary N) is 2. The lowest BCUT2D eigenvalue weighted by Crippen LogP contribution is -2.39. The molecule has 0 aromatic heterocycles. The quantitative estimate of drug-likeness (QED) is 0.323. The van der Waals surface area contributed by atoms with Crippen LogP contribution in [0.1, 0.15) is 53.1 Å². The summed E-state index contributed by atoms with van der Waals surface area (Å²) in [6, 6.07) is 26.6. The maximum absolute atomic E-state index is 14.0. The highest BCUT2D eigenvalue weighted by atomic mass is 19.1. The fourth-order valence-electron chi connectivity index (χ4n) is 5.18. The van der Waals surface area contributed by atoms with Gasteiger partial charge in [0.1, 0.15) is 5.82 Å². The molecule has 0 radical (unpaired) electrons. The summed E-state index contributed by atoms with van der Waals surface area (Å²) in [5.74, 6) is 0.472. The number of rotatable bonds is 9. The zero-order valence-electron chi connectivity index (χ0n) is 20.6. The summed E-state index contributed by atoms with van der Waals surface area (Å²) in [5.41, 5.74) is 13.7. The highest BCUT2D eigenvalue weighted by Gasteiger charge is 2.28. The molecule has 1 aliphatic rings. The van der Waals surface area contributed by atoms with Crippen LogP contribution in [-0.4, -0.2) is 36.4 Å². The smallest absolute Gasteiger partial charge is 0.253 e. The molecule has 3 aromatic carbocycles. The van der Waals surface area contributed by atoms with E-state index in [-0.39, 0.29) is 17.8 Å². The number of hydrogen-bond donors (Lipinski definition) is 2. The Morgan fingerprint density at radius 3 is 2.00 bits per heavy atom. The van der Waals surface area contributed by atoms with Gasteiger partial charge in [0.05, 0.1) is 0 Å². The SMILES string of the molecule is NC(N)=NCC1CCC(CN(CC(c2ccccc2)c2ccccc2)C(=O)c2cccc(F)c2)CC1. The second-order valence-corrected chi connectivity index (χ2v) is 9.75. The number of guanidine groups is 1. The molecule has 6 heteroatoms. The molecule has 0 heterocycles. The van der Waals surface area contributed by atoms with E-state index in [0.29, 0.717) is 37.0 Å². The van der Waals surface area contributed by atoms with Crippen molar-refractivity contribution in [3.63, 3.8) is 0 Å². The van der Waals surface area contributed by atoms with Gasteiger partial charge in [0.25, 0.3) is 5.91 Å². The lowest BCUT2D eigenvalue weighted by atomic mass is 9.81. The van der Waals surface area contributed by atoms with Gasteiger partial charge in [0.15, 0.2) is 5.96 Å². The fraction of sp³-hybridized carbons (Fsp3) is 0.333. The van der Waals surface area contributed by atoms with E-state index < -0.39 is 5.82 Å². The van der Waals surface area contributed by atoms with E-state index in [2.05, 4.69) is 29.3 Å². The van der Waals surface area contributed by atoms with Crippen LogP contribution in [0.5, 0.6) is 0 Å². The summed E-state index contributed by atoms with van der Waals surface area (Å²) < 4.78 is 14.0. The van der Waals surface area contributed by atoms with Gasteiger partial charge in [-0.3, -0.25) is 9.79 Å². The van der Waals surface area contributed by atoms with Gasteiger partial charge in [-0.2, -0.15) is 0 Å². The first-order valence-electron chi connectivity index (χ1n) is 12.7. The van der Waals surface area contributed by atoms with E-state index >= 15 is 0 Å². The summed E-state index contributed by atoms with van der Waals surface area (Å²) in [5, 5.41) is 0. The number of hydrogen-bond acceptors (Lipinski definition) is 2. The summed E-state index contributed by atoms with van der Waals surface area (Å²) in [7, 11) is 0. The third-order valence-electron chi connectivity index (χ3n) is 7.14. The summed E-state index contributed by atoms with van der Waals surface area (Å²) >= 11 is 0. The Hall–Kier alpha value is -3.67. The molecule has 0 bridgehead atoms. The fourth-order valence-corrected chi connectivity index (χ4v) is 5.18. The zero-order chi connectivity index (χ0) is 25.3. The molecule has 4 N–H and O–H groups in total. The van der Waals surface area contributed by atoms with Crippen molar-refractivity contribution >= 4 is 11.9 Å². The van der Waals surface area contributed by atoms with Gasteiger partial charge in [0.2, 0.25) is 0 Å². The minimum atomic E-state index is -0.399. The Bertz CT molecular complexity index is 1100. The third kappa shape index (κ3) is 6.94. The van der Waals surface area contributed by atoms with E-state index in [1.54, 1.807) is 12.1 Å². The maximum Gasteiger partial charge on any atom is 0.253 e. The molecule has 4 rings (SSSR count). The summed E-state index contributed by atoms with van der Waals surface area (Å²) in [6.45, 7) is 1.82. The van der Waals surface area contributed by atoms with Gasteiger partial charge >= 0.3 is 0 Å². The maximum atomic E-state index is 14.0. The van der Waals surface area contributed by atoms with Crippen LogP contribution in [0.4, 0.5) is 4.39 Å². The molecule has 0 atom stereocenters. The molecule has 3 aromatic rings. The Kier molecular flexibility index (Phi) is 8.71. The van der Waals surface area contributed by atoms with Crippen molar-refractivity contribution in [3.8, 4) is 0 Å². The van der Waals surface area contributed by atoms with E-state index in [4.69, 9.17) is 11.5 Å². The van der Waals surface area contributed by atoms with Crippen molar-refractivity contribution in [3.05, 3.63) is 107 Å². The number of amides is 1. The number of halogens is 1. The molecule has 0 aliphatic heterocycles. The molecule has 0 spiro atoms. The normalized spacial score (nSPS) is 17.5. The lowest BCUT2D eigenvalue weighted by Gasteiger charge is -2.34. The van der Waals surface area contributed by atoms with Crippen LogP contribution in [0.15, 0.2) is 89.9 Å². The van der Waals surface area contributed by atoms with Crippen LogP contribution in [-0.2, 0) is 0 Å². The molecule has 0 unspecified atom stereocenters. The largest absolute Gasteiger partial charge is 0.370 e. The average Bonchev–Trinajstić information content (AvgIpc) is 2.91. The molecule has 0 saturated heterocycles. The first-order chi connectivity index (χ1) is 17.5. The first-order valence-corrected chi connectivity index (χ1v) is 12.7. The second-order valence-electron chi connectivity index (χ2n) is 9.75. The molecule has 5 nitrogen and oxygen atoms in total. The minimum Gasteiger partial charge on any atom is -0.370 e. The Morgan fingerprint density at radius 1 is 0.861 bits per heavy atom. The second kappa shape index (κ2) is 12.3. The molecular formula is C30H35FN4O. The molecule has 1 saturated carbocycles. The molecule has 1 aliphatic carbocycles. The predicted molar refractivity (Wildman–Crippen MR) is 143 cm³/mol. The minimum absolute atomic E-state index is 0.0168. The third-order valence-corrected chi connectivity index (χ3v) is 7.14. The molecule has 1 fully saturated rings. The van der Waals surface area contributed by atoms with Gasteiger partial charge in [-0.25, -0.2) is 4.39 Å². The van der Waals surface area contributed by atoms with Gasteiger partial charge in [-0.15, -0.1) is 0 Å². The predicted octanol–water partition coefficient (Wildman–Crippen LogP) is 5.18. The Balaban J connectivity index is 1.57. The topological polar surface area (TPSA) is 84.7 Å². The average molecular weight is 487 g/mol. The van der Waals surface area contributed by atoms with Crippen LogP contribution in [0, 0.1) is 17.7 Å². The zero-order valence-corrected chi connectivity index (χ0v) is 20.6. The number of carbonyl (C=O) groups is 1. The number of benzene rings is 3. The molecular weight excluding hydrogens is 451 g/mol. The number of nitrogens with zero attached hydrogens (tertiary/aromatic N) is 2. The number of aliphatic imine (C=N–C) groups is 1. The van der Waals surface area contributed by atoms with Gasteiger partial charge in [0, 0.05) is 31.1 Å². The Labute approximate surface area is 213 Å². The van der Waals surface area contributed by atoms with Crippen LogP contribution < -0.4 is 11.5 Å². The van der Waals surface area contributed by atoms with Gasteiger partial charge in [-0.1, -0.05) is 66.7 Å². The summed E-state index contributed by atoms with van der Waals surface area (Å²) in [6.07, 6.45) is 4.09. The standard InChI is InChI=1S/C30H35FN4O/c31-27-13-7-12-26(18-27)29(36)35(20-23-16-14-22(15-17-23)19-34-30(32)33)21-28(24-8-3-1-4-9-24)25-10-5-2-6-11-25/h1-13,18,22-23,28H,14-17,19-21H2,(H4,32,33,34). The number of carbonyl (C=O) groups excluding carboxylic acids is 1. The molecule has 188 valence electrons. The monoisotopic (exact) mass is 486 g/mol. The Morgan fingerprint density at radius 2 is 1.44 bits per heavy atom. The summed E-state index contributed by atoms with van der Waals surface area (Å²) in [4.78, 5) is 19.8. The van der Waals surface area contributed by atoms with Crippen LogP contribution in [0.3, 0.4) is 0 Å². The van der Waals surface area contributed by atoms with Crippen LogP contribution in [0.25, 0.3) is 0 Å². The van der Waals surface area contributed by atoms with Crippen LogP contribution >= 0.6 is 0 Å². The van der Waals surface area contributed by atoms with E-state index in [9.17, 15) is 9.18 Å². The molecule has 1 amide bonds. The van der Waals surface area contributed by atoms with E-state index in [1.165, 1.54) is 12.1 Å². The van der Waals surface area contributed by atoms with E-state index in [0.717, 1.165) is 36.8 Å². The van der Waals surface area contributed by atoms with Crippen molar-refractivity contribution in [2.24, 2.45) is 28.3 Å². The van der Waals surface area contributed by atoms with Gasteiger partial charge < -0.3 is 16.4 Å². The first kappa shape index (κ1) is 25.4. The van der Waals surface area contributed by atoms with Crippen molar-refractivity contribution < 1.29 is 9.18 Å². The van der Waals surface area contributed by atoms with Crippen molar-refractivity contribution in [1.82, 2.24) is 4.90 Å². The van der Waals surface area contributed by atoms with Crippen LogP contribution in [0.2, 0.25) is 0 Å². The lowest BCUT2D eigenvalue weighted by molar-refractivity contribution is 0.0699. The van der Waals surface area contributed by atoms with Crippen molar-refractivity contribution in [1.29, 1.82) is 0 Å². The highest BCUT2D eigenvalue weighted by Crippen LogP contribution is 2.32. The van der Waals surface area contributed by atoms with Crippen molar-refractivity contribution in [2.45, 2.75) is 31.6 Å². The highest BCUT2D eigenvalue weighted by molar-refractivity contribution is 5.94. The molecule has 36 heavy (non-hydrogen) atoms.